The zero-order chi connectivity index (χ0) is 20.4. The van der Waals surface area contributed by atoms with Gasteiger partial charge in [0, 0.05) is 58.0 Å². The number of aromatic nitrogens is 2. The fraction of sp³-hybridized carbons (Fsp3) is 0.263. The number of nitro benzene ring substituents is 1. The predicted octanol–water partition coefficient (Wildman–Crippen LogP) is 2.66. The van der Waals surface area contributed by atoms with Crippen LogP contribution in [0.5, 0.6) is 0 Å². The Bertz CT molecular complexity index is 1060. The molecule has 1 amide bonds. The van der Waals surface area contributed by atoms with Gasteiger partial charge in [-0.2, -0.15) is 0 Å². The average Bonchev–Trinajstić information content (AvgIpc) is 2.95. The van der Waals surface area contributed by atoms with E-state index in [9.17, 15) is 19.3 Å². The molecule has 0 atom stereocenters. The van der Waals surface area contributed by atoms with E-state index in [4.69, 9.17) is 0 Å². The molecule has 3 rings (SSSR count). The van der Waals surface area contributed by atoms with Gasteiger partial charge in [0.25, 0.3) is 11.6 Å². The second-order valence-electron chi connectivity index (χ2n) is 6.58. The standard InChI is InChI=1S/C19H20FN5O3/c1-23(2)16-7-5-13(25(27)28)11-14(16)19(26)21-9-8-18-22-15-10-12(20)4-6-17(15)24(18)3/h4-7,10-11H,8-9H2,1-3H3,(H,21,26). The Balaban J connectivity index is 1.75. The highest BCUT2D eigenvalue weighted by Gasteiger charge is 2.18. The highest BCUT2D eigenvalue weighted by molar-refractivity contribution is 6.00. The summed E-state index contributed by atoms with van der Waals surface area (Å²) in [5, 5.41) is 13.8. The number of rotatable bonds is 6. The van der Waals surface area contributed by atoms with Gasteiger partial charge < -0.3 is 14.8 Å². The number of non-ortho nitro benzene ring substituents is 1. The van der Waals surface area contributed by atoms with Crippen molar-refractivity contribution in [3.05, 3.63) is 63.7 Å². The lowest BCUT2D eigenvalue weighted by atomic mass is 10.1. The smallest absolute Gasteiger partial charge is 0.270 e. The van der Waals surface area contributed by atoms with Crippen molar-refractivity contribution in [3.63, 3.8) is 0 Å². The van der Waals surface area contributed by atoms with Crippen molar-refractivity contribution in [2.45, 2.75) is 6.42 Å². The number of hydrogen-bond donors (Lipinski definition) is 1. The maximum absolute atomic E-state index is 13.4. The van der Waals surface area contributed by atoms with Gasteiger partial charge in [0.05, 0.1) is 21.5 Å². The van der Waals surface area contributed by atoms with Gasteiger partial charge in [0.1, 0.15) is 11.6 Å². The predicted molar refractivity (Wildman–Crippen MR) is 104 cm³/mol. The van der Waals surface area contributed by atoms with Crippen LogP contribution >= 0.6 is 0 Å². The number of amides is 1. The molecule has 0 radical (unpaired) electrons. The lowest BCUT2D eigenvalue weighted by Crippen LogP contribution is -2.28. The number of nitrogens with one attached hydrogen (secondary N) is 1. The van der Waals surface area contributed by atoms with Gasteiger partial charge in [-0.1, -0.05) is 0 Å². The van der Waals surface area contributed by atoms with E-state index in [-0.39, 0.29) is 23.6 Å². The number of carbonyl (C=O) groups excluding carboxylic acids is 1. The lowest BCUT2D eigenvalue weighted by Gasteiger charge is -2.17. The topological polar surface area (TPSA) is 93.3 Å². The Hall–Kier alpha value is -3.49. The van der Waals surface area contributed by atoms with Crippen LogP contribution in [0.25, 0.3) is 11.0 Å². The van der Waals surface area contributed by atoms with Crippen LogP contribution in [0.1, 0.15) is 16.2 Å². The fourth-order valence-corrected chi connectivity index (χ4v) is 3.04. The Morgan fingerprint density at radius 1 is 1.29 bits per heavy atom. The summed E-state index contributed by atoms with van der Waals surface area (Å²) in [6.07, 6.45) is 0.435. The first-order valence-electron chi connectivity index (χ1n) is 8.62. The van der Waals surface area contributed by atoms with Gasteiger partial charge in [-0.05, 0) is 18.2 Å². The van der Waals surface area contributed by atoms with Crippen LogP contribution in [-0.4, -0.2) is 41.0 Å². The van der Waals surface area contributed by atoms with E-state index >= 15 is 0 Å². The van der Waals surface area contributed by atoms with Crippen molar-refractivity contribution in [3.8, 4) is 0 Å². The number of nitro groups is 1. The minimum Gasteiger partial charge on any atom is -0.377 e. The second-order valence-corrected chi connectivity index (χ2v) is 6.58. The number of benzene rings is 2. The number of imidazole rings is 1. The van der Waals surface area contributed by atoms with Crippen molar-refractivity contribution in [1.82, 2.24) is 14.9 Å². The van der Waals surface area contributed by atoms with E-state index in [0.29, 0.717) is 23.4 Å². The molecular weight excluding hydrogens is 365 g/mol. The third-order valence-corrected chi connectivity index (χ3v) is 4.49. The molecule has 146 valence electrons. The summed E-state index contributed by atoms with van der Waals surface area (Å²) in [5.41, 5.74) is 2.02. The van der Waals surface area contributed by atoms with Gasteiger partial charge in [-0.15, -0.1) is 0 Å². The maximum atomic E-state index is 13.4. The third kappa shape index (κ3) is 3.78. The molecule has 0 fully saturated rings. The molecule has 0 aliphatic carbocycles. The highest BCUT2D eigenvalue weighted by atomic mass is 19.1. The number of halogens is 1. The van der Waals surface area contributed by atoms with Crippen LogP contribution in [0, 0.1) is 15.9 Å². The average molecular weight is 385 g/mol. The Kier molecular flexibility index (Phi) is 5.25. The molecule has 0 unspecified atom stereocenters. The van der Waals surface area contributed by atoms with Crippen molar-refractivity contribution >= 4 is 28.3 Å². The molecule has 2 aromatic carbocycles. The summed E-state index contributed by atoms with van der Waals surface area (Å²) in [5.74, 6) is -0.0580. The molecule has 0 saturated carbocycles. The van der Waals surface area contributed by atoms with E-state index < -0.39 is 10.8 Å². The molecule has 0 spiro atoms. The highest BCUT2D eigenvalue weighted by Crippen LogP contribution is 2.24. The quantitative estimate of drug-likeness (QED) is 0.520. The number of carbonyl (C=O) groups is 1. The first-order valence-corrected chi connectivity index (χ1v) is 8.62. The maximum Gasteiger partial charge on any atom is 0.270 e. The van der Waals surface area contributed by atoms with E-state index in [1.54, 1.807) is 31.1 Å². The number of fused-ring (bicyclic) bond motifs is 1. The van der Waals surface area contributed by atoms with Crippen LogP contribution in [0.2, 0.25) is 0 Å². The third-order valence-electron chi connectivity index (χ3n) is 4.49. The molecule has 0 saturated heterocycles. The monoisotopic (exact) mass is 385 g/mol. The molecule has 3 aromatic rings. The lowest BCUT2D eigenvalue weighted by molar-refractivity contribution is -0.384. The van der Waals surface area contributed by atoms with Crippen LogP contribution in [-0.2, 0) is 13.5 Å². The summed E-state index contributed by atoms with van der Waals surface area (Å²) in [6, 6.07) is 8.58. The number of anilines is 1. The van der Waals surface area contributed by atoms with Gasteiger partial charge >= 0.3 is 0 Å². The number of aryl methyl sites for hydroxylation is 1. The van der Waals surface area contributed by atoms with Gasteiger partial charge in [-0.25, -0.2) is 9.37 Å². The normalized spacial score (nSPS) is 10.9. The van der Waals surface area contributed by atoms with Crippen LogP contribution in [0.4, 0.5) is 15.8 Å². The molecule has 1 N–H and O–H groups in total. The molecule has 9 heteroatoms. The molecular formula is C19H20FN5O3. The SMILES string of the molecule is CN(C)c1ccc([N+](=O)[O-])cc1C(=O)NCCc1nc2cc(F)ccc2n1C. The fourth-order valence-electron chi connectivity index (χ4n) is 3.04. The largest absolute Gasteiger partial charge is 0.377 e. The van der Waals surface area contributed by atoms with E-state index in [1.165, 1.54) is 24.3 Å². The first kappa shape index (κ1) is 19.3. The number of hydrogen-bond acceptors (Lipinski definition) is 5. The molecule has 0 aliphatic heterocycles. The van der Waals surface area contributed by atoms with Crippen LogP contribution < -0.4 is 10.2 Å². The minimum absolute atomic E-state index is 0.145. The summed E-state index contributed by atoms with van der Waals surface area (Å²) in [6.45, 7) is 0.286. The second kappa shape index (κ2) is 7.63. The Morgan fingerprint density at radius 3 is 2.71 bits per heavy atom. The van der Waals surface area contributed by atoms with E-state index in [1.807, 2.05) is 11.6 Å². The summed E-state index contributed by atoms with van der Waals surface area (Å²) >= 11 is 0. The molecule has 8 nitrogen and oxygen atoms in total. The molecule has 0 bridgehead atoms. The number of nitrogens with zero attached hydrogens (tertiary/aromatic N) is 4. The molecule has 28 heavy (non-hydrogen) atoms. The van der Waals surface area contributed by atoms with Gasteiger partial charge in [-0.3, -0.25) is 14.9 Å². The van der Waals surface area contributed by atoms with Gasteiger partial charge in [0.15, 0.2) is 0 Å². The van der Waals surface area contributed by atoms with Crippen molar-refractivity contribution in [2.24, 2.45) is 7.05 Å². The summed E-state index contributed by atoms with van der Waals surface area (Å²) in [7, 11) is 5.35. The van der Waals surface area contributed by atoms with Gasteiger partial charge in [0.2, 0.25) is 0 Å². The van der Waals surface area contributed by atoms with Crippen molar-refractivity contribution in [2.75, 3.05) is 25.5 Å². The molecule has 1 heterocycles. The molecule has 0 aliphatic rings. The summed E-state index contributed by atoms with van der Waals surface area (Å²) in [4.78, 5) is 29.2. The zero-order valence-corrected chi connectivity index (χ0v) is 15.8. The van der Waals surface area contributed by atoms with E-state index in [0.717, 1.165) is 5.52 Å². The Labute approximate surface area is 160 Å². The minimum atomic E-state index is -0.533. The zero-order valence-electron chi connectivity index (χ0n) is 15.8. The van der Waals surface area contributed by atoms with Crippen molar-refractivity contribution in [1.29, 1.82) is 0 Å². The summed E-state index contributed by atoms with van der Waals surface area (Å²) < 4.78 is 15.2. The van der Waals surface area contributed by atoms with Crippen molar-refractivity contribution < 1.29 is 14.1 Å². The Morgan fingerprint density at radius 2 is 2.04 bits per heavy atom. The first-order chi connectivity index (χ1) is 13.3. The van der Waals surface area contributed by atoms with Crippen LogP contribution in [0.15, 0.2) is 36.4 Å². The van der Waals surface area contributed by atoms with E-state index in [2.05, 4.69) is 10.3 Å². The molecule has 1 aromatic heterocycles. The van der Waals surface area contributed by atoms with Crippen LogP contribution in [0.3, 0.4) is 0 Å².